The Morgan fingerprint density at radius 1 is 1.55 bits per heavy atom. The van der Waals surface area contributed by atoms with E-state index in [1.54, 1.807) is 6.20 Å². The molecule has 20 heavy (non-hydrogen) atoms. The zero-order valence-corrected chi connectivity index (χ0v) is 13.9. The number of aromatic nitrogens is 2. The first-order valence-electron chi connectivity index (χ1n) is 7.49. The van der Waals surface area contributed by atoms with Gasteiger partial charge < -0.3 is 14.8 Å². The van der Waals surface area contributed by atoms with E-state index in [0.717, 1.165) is 24.8 Å². The maximum absolute atomic E-state index is 6.02. The predicted octanol–water partition coefficient (Wildman–Crippen LogP) is 2.67. The lowest BCUT2D eigenvalue weighted by molar-refractivity contribution is 0.0747. The van der Waals surface area contributed by atoms with Crippen molar-refractivity contribution < 1.29 is 0 Å². The van der Waals surface area contributed by atoms with E-state index in [1.807, 2.05) is 11.6 Å². The zero-order valence-electron chi connectivity index (χ0n) is 13.1. The molecular weight excluding hydrogens is 272 g/mol. The van der Waals surface area contributed by atoms with E-state index < -0.39 is 0 Å². The van der Waals surface area contributed by atoms with Crippen molar-refractivity contribution in [2.24, 2.45) is 13.0 Å². The summed E-state index contributed by atoms with van der Waals surface area (Å²) in [6.07, 6.45) is 6.95. The largest absolute Gasteiger partial charge is 0.321 e. The van der Waals surface area contributed by atoms with E-state index in [0.29, 0.717) is 5.15 Å². The standard InChI is InChI=1S/C15H27ClN4/c1-12-6-5-7-15(8-12,19(2)3)11-17-10-14-18-9-13(16)20(14)4/h9,12,17H,5-8,10-11H2,1-4H3. The summed E-state index contributed by atoms with van der Waals surface area (Å²) in [7, 11) is 6.37. The van der Waals surface area contributed by atoms with Crippen LogP contribution in [0.3, 0.4) is 0 Å². The molecule has 1 aromatic heterocycles. The number of imidazole rings is 1. The fraction of sp³-hybridized carbons (Fsp3) is 0.800. The number of rotatable bonds is 5. The molecule has 2 rings (SSSR count). The first-order valence-corrected chi connectivity index (χ1v) is 7.87. The van der Waals surface area contributed by atoms with Gasteiger partial charge in [-0.25, -0.2) is 4.98 Å². The molecule has 1 heterocycles. The molecule has 1 fully saturated rings. The Hall–Kier alpha value is -0.580. The summed E-state index contributed by atoms with van der Waals surface area (Å²) < 4.78 is 1.93. The third-order valence-corrected chi connectivity index (χ3v) is 5.13. The third-order valence-electron chi connectivity index (χ3n) is 4.78. The van der Waals surface area contributed by atoms with Gasteiger partial charge in [0.2, 0.25) is 0 Å². The van der Waals surface area contributed by atoms with Gasteiger partial charge in [0.05, 0.1) is 12.7 Å². The van der Waals surface area contributed by atoms with Gasteiger partial charge in [-0.15, -0.1) is 0 Å². The Kier molecular flexibility index (Phi) is 5.10. The molecule has 2 atom stereocenters. The monoisotopic (exact) mass is 298 g/mol. The molecule has 5 heteroatoms. The minimum atomic E-state index is 0.284. The highest BCUT2D eigenvalue weighted by atomic mass is 35.5. The number of likely N-dealkylation sites (N-methyl/N-ethyl adjacent to an activating group) is 1. The summed E-state index contributed by atoms with van der Waals surface area (Å²) >= 11 is 6.02. The minimum Gasteiger partial charge on any atom is -0.321 e. The van der Waals surface area contributed by atoms with Crippen molar-refractivity contribution in [3.05, 3.63) is 17.2 Å². The van der Waals surface area contributed by atoms with Crippen LogP contribution in [0.2, 0.25) is 5.15 Å². The summed E-state index contributed by atoms with van der Waals surface area (Å²) in [5.41, 5.74) is 0.284. The first kappa shape index (κ1) is 15.8. The van der Waals surface area contributed by atoms with E-state index in [-0.39, 0.29) is 5.54 Å². The van der Waals surface area contributed by atoms with Crippen LogP contribution in [0.1, 0.15) is 38.4 Å². The maximum Gasteiger partial charge on any atom is 0.128 e. The van der Waals surface area contributed by atoms with Crippen molar-refractivity contribution >= 4 is 11.6 Å². The van der Waals surface area contributed by atoms with E-state index in [2.05, 4.69) is 36.2 Å². The number of nitrogens with one attached hydrogen (secondary N) is 1. The topological polar surface area (TPSA) is 33.1 Å². The van der Waals surface area contributed by atoms with Crippen molar-refractivity contribution in [2.75, 3.05) is 20.6 Å². The molecule has 114 valence electrons. The van der Waals surface area contributed by atoms with Gasteiger partial charge in [-0.3, -0.25) is 0 Å². The highest BCUT2D eigenvalue weighted by Crippen LogP contribution is 2.35. The Balaban J connectivity index is 1.94. The van der Waals surface area contributed by atoms with Gasteiger partial charge in [-0.2, -0.15) is 0 Å². The van der Waals surface area contributed by atoms with Crippen LogP contribution in [-0.4, -0.2) is 40.6 Å². The third kappa shape index (κ3) is 3.35. The first-order chi connectivity index (χ1) is 9.44. The SMILES string of the molecule is CC1CCCC(CNCc2ncc(Cl)n2C)(N(C)C)C1. The van der Waals surface area contributed by atoms with Crippen LogP contribution >= 0.6 is 11.6 Å². The van der Waals surface area contributed by atoms with E-state index in [4.69, 9.17) is 11.6 Å². The normalized spacial score (nSPS) is 27.2. The molecule has 1 aliphatic carbocycles. The van der Waals surface area contributed by atoms with Crippen molar-refractivity contribution in [2.45, 2.75) is 44.7 Å². The molecule has 0 aliphatic heterocycles. The molecule has 0 saturated heterocycles. The van der Waals surface area contributed by atoms with Gasteiger partial charge >= 0.3 is 0 Å². The number of halogens is 1. The molecular formula is C15H27ClN4. The van der Waals surface area contributed by atoms with Crippen molar-refractivity contribution in [1.29, 1.82) is 0 Å². The van der Waals surface area contributed by atoms with E-state index >= 15 is 0 Å². The highest BCUT2D eigenvalue weighted by molar-refractivity contribution is 6.29. The molecule has 1 saturated carbocycles. The van der Waals surface area contributed by atoms with Gasteiger partial charge in [0.1, 0.15) is 11.0 Å². The van der Waals surface area contributed by atoms with Crippen molar-refractivity contribution in [3.63, 3.8) is 0 Å². The molecule has 1 aromatic rings. The van der Waals surface area contributed by atoms with Crippen LogP contribution in [0.25, 0.3) is 0 Å². The Morgan fingerprint density at radius 3 is 2.85 bits per heavy atom. The number of hydrogen-bond donors (Lipinski definition) is 1. The average Bonchev–Trinajstić information content (AvgIpc) is 2.70. The lowest BCUT2D eigenvalue weighted by Gasteiger charge is -2.45. The van der Waals surface area contributed by atoms with Crippen LogP contribution in [-0.2, 0) is 13.6 Å². The average molecular weight is 299 g/mol. The molecule has 0 radical (unpaired) electrons. The molecule has 2 unspecified atom stereocenters. The molecule has 0 bridgehead atoms. The smallest absolute Gasteiger partial charge is 0.128 e. The summed E-state index contributed by atoms with van der Waals surface area (Å²) in [5.74, 6) is 1.81. The molecule has 0 amide bonds. The van der Waals surface area contributed by atoms with Crippen molar-refractivity contribution in [3.8, 4) is 0 Å². The van der Waals surface area contributed by atoms with Crippen LogP contribution in [0.5, 0.6) is 0 Å². The van der Waals surface area contributed by atoms with Crippen LogP contribution in [0.4, 0.5) is 0 Å². The second kappa shape index (κ2) is 6.46. The summed E-state index contributed by atoms with van der Waals surface area (Å²) in [6.45, 7) is 4.15. The molecule has 0 aromatic carbocycles. The Morgan fingerprint density at radius 2 is 2.30 bits per heavy atom. The lowest BCUT2D eigenvalue weighted by Crippen LogP contribution is -2.54. The second-order valence-corrected chi connectivity index (χ2v) is 6.87. The number of nitrogens with zero attached hydrogens (tertiary/aromatic N) is 3. The zero-order chi connectivity index (χ0) is 14.8. The lowest BCUT2D eigenvalue weighted by atomic mass is 9.75. The Labute approximate surface area is 127 Å². The van der Waals surface area contributed by atoms with Gasteiger partial charge in [-0.1, -0.05) is 31.4 Å². The summed E-state index contributed by atoms with van der Waals surface area (Å²) in [4.78, 5) is 6.74. The Bertz CT molecular complexity index is 443. The van der Waals surface area contributed by atoms with E-state index in [1.165, 1.54) is 25.7 Å². The minimum absolute atomic E-state index is 0.284. The highest BCUT2D eigenvalue weighted by Gasteiger charge is 2.36. The van der Waals surface area contributed by atoms with Gasteiger partial charge in [-0.05, 0) is 32.9 Å². The maximum atomic E-state index is 6.02. The van der Waals surface area contributed by atoms with Gasteiger partial charge in [0, 0.05) is 19.1 Å². The molecule has 1 aliphatic rings. The summed E-state index contributed by atoms with van der Waals surface area (Å²) in [5, 5.41) is 4.27. The summed E-state index contributed by atoms with van der Waals surface area (Å²) in [6, 6.07) is 0. The van der Waals surface area contributed by atoms with Crippen molar-refractivity contribution in [1.82, 2.24) is 19.8 Å². The van der Waals surface area contributed by atoms with Gasteiger partial charge in [0.15, 0.2) is 0 Å². The fourth-order valence-corrected chi connectivity index (χ4v) is 3.50. The molecule has 1 N–H and O–H groups in total. The van der Waals surface area contributed by atoms with Crippen LogP contribution < -0.4 is 5.32 Å². The molecule has 4 nitrogen and oxygen atoms in total. The molecule has 0 spiro atoms. The predicted molar refractivity (Wildman–Crippen MR) is 84.0 cm³/mol. The fourth-order valence-electron chi connectivity index (χ4n) is 3.35. The number of hydrogen-bond acceptors (Lipinski definition) is 3. The van der Waals surface area contributed by atoms with Crippen LogP contribution in [0, 0.1) is 5.92 Å². The second-order valence-electron chi connectivity index (χ2n) is 6.48. The quantitative estimate of drug-likeness (QED) is 0.907. The van der Waals surface area contributed by atoms with Crippen LogP contribution in [0.15, 0.2) is 6.20 Å². The van der Waals surface area contributed by atoms with Gasteiger partial charge in [0.25, 0.3) is 0 Å². The van der Waals surface area contributed by atoms with E-state index in [9.17, 15) is 0 Å².